The van der Waals surface area contributed by atoms with Gasteiger partial charge in [-0.1, -0.05) is 30.3 Å². The van der Waals surface area contributed by atoms with E-state index in [9.17, 15) is 4.39 Å². The summed E-state index contributed by atoms with van der Waals surface area (Å²) in [7, 11) is 0. The number of fused-ring (bicyclic) bond motifs is 1. The molecule has 0 atom stereocenters. The Bertz CT molecular complexity index is 654. The lowest BCUT2D eigenvalue weighted by atomic mass is 10.00. The van der Waals surface area contributed by atoms with Crippen LogP contribution in [0.1, 0.15) is 0 Å². The number of nitrogens with zero attached hydrogens (tertiary/aromatic N) is 1. The second-order valence-electron chi connectivity index (χ2n) is 3.91. The zero-order valence-electron chi connectivity index (χ0n) is 9.10. The summed E-state index contributed by atoms with van der Waals surface area (Å²) in [6, 6.07) is 14.6. The van der Waals surface area contributed by atoms with Crippen molar-refractivity contribution in [3.63, 3.8) is 0 Å². The van der Waals surface area contributed by atoms with Crippen molar-refractivity contribution in [1.29, 1.82) is 0 Å². The van der Waals surface area contributed by atoms with Crippen LogP contribution in [0.15, 0.2) is 60.9 Å². The van der Waals surface area contributed by atoms with Gasteiger partial charge < -0.3 is 0 Å². The van der Waals surface area contributed by atoms with Crippen LogP contribution in [0.2, 0.25) is 0 Å². The molecule has 3 rings (SSSR count). The smallest absolute Gasteiger partial charge is 0.123 e. The summed E-state index contributed by atoms with van der Waals surface area (Å²) in [5.74, 6) is -0.212. The van der Waals surface area contributed by atoms with Gasteiger partial charge in [-0.3, -0.25) is 4.98 Å². The Labute approximate surface area is 98.6 Å². The predicted molar refractivity (Wildman–Crippen MR) is 67.1 cm³/mol. The highest BCUT2D eigenvalue weighted by Crippen LogP contribution is 2.27. The van der Waals surface area contributed by atoms with E-state index in [2.05, 4.69) is 4.98 Å². The number of hydrogen-bond donors (Lipinski definition) is 0. The minimum atomic E-state index is -0.212. The van der Waals surface area contributed by atoms with Crippen LogP contribution in [-0.4, -0.2) is 4.98 Å². The summed E-state index contributed by atoms with van der Waals surface area (Å²) < 4.78 is 12.9. The molecule has 0 amide bonds. The molecule has 0 N–H and O–H groups in total. The minimum absolute atomic E-state index is 0.212. The molecule has 1 aromatic heterocycles. The van der Waals surface area contributed by atoms with Gasteiger partial charge in [0.2, 0.25) is 0 Å². The molecule has 0 fully saturated rings. The molecular weight excluding hydrogens is 213 g/mol. The van der Waals surface area contributed by atoms with Crippen molar-refractivity contribution >= 4 is 10.8 Å². The molecule has 0 radical (unpaired) electrons. The maximum Gasteiger partial charge on any atom is 0.123 e. The molecule has 0 unspecified atom stereocenters. The van der Waals surface area contributed by atoms with Crippen molar-refractivity contribution in [2.75, 3.05) is 0 Å². The van der Waals surface area contributed by atoms with Crippen molar-refractivity contribution in [2.45, 2.75) is 0 Å². The zero-order chi connectivity index (χ0) is 11.7. The highest BCUT2D eigenvalue weighted by molar-refractivity contribution is 5.95. The van der Waals surface area contributed by atoms with E-state index in [1.54, 1.807) is 18.3 Å². The molecule has 0 aliphatic rings. The van der Waals surface area contributed by atoms with Crippen molar-refractivity contribution < 1.29 is 4.39 Å². The molecule has 3 aromatic rings. The molecule has 0 bridgehead atoms. The molecule has 2 heteroatoms. The van der Waals surface area contributed by atoms with Crippen LogP contribution in [0, 0.1) is 5.82 Å². The first-order valence-electron chi connectivity index (χ1n) is 5.43. The number of rotatable bonds is 1. The third kappa shape index (κ3) is 1.78. The molecule has 82 valence electrons. The van der Waals surface area contributed by atoms with Gasteiger partial charge in [-0.2, -0.15) is 0 Å². The predicted octanol–water partition coefficient (Wildman–Crippen LogP) is 4.04. The number of benzene rings is 2. The first-order valence-corrected chi connectivity index (χ1v) is 5.43. The first kappa shape index (κ1) is 9.97. The van der Waals surface area contributed by atoms with E-state index in [-0.39, 0.29) is 5.82 Å². The van der Waals surface area contributed by atoms with Gasteiger partial charge in [0.1, 0.15) is 5.82 Å². The summed E-state index contributed by atoms with van der Waals surface area (Å²) in [4.78, 5) is 4.10. The van der Waals surface area contributed by atoms with E-state index >= 15 is 0 Å². The van der Waals surface area contributed by atoms with Gasteiger partial charge in [0.25, 0.3) is 0 Å². The van der Waals surface area contributed by atoms with Crippen molar-refractivity contribution in [3.05, 3.63) is 66.7 Å². The number of halogens is 1. The average Bonchev–Trinajstić information content (AvgIpc) is 2.39. The van der Waals surface area contributed by atoms with E-state index < -0.39 is 0 Å². The first-order chi connectivity index (χ1) is 8.34. The fraction of sp³-hybridized carbons (Fsp3) is 0. The number of pyridine rings is 1. The van der Waals surface area contributed by atoms with Crippen LogP contribution >= 0.6 is 0 Å². The molecule has 0 saturated heterocycles. The standard InChI is InChI=1S/C15H10FN/c16-13-6-4-11(5-7-13)14-3-1-2-12-10-17-9-8-15(12)14/h1-10H. The van der Waals surface area contributed by atoms with Crippen LogP contribution in [0.4, 0.5) is 4.39 Å². The normalized spacial score (nSPS) is 10.6. The molecule has 0 saturated carbocycles. The molecule has 2 aromatic carbocycles. The van der Waals surface area contributed by atoms with Gasteiger partial charge in [-0.05, 0) is 34.7 Å². The quantitative estimate of drug-likeness (QED) is 0.606. The average molecular weight is 223 g/mol. The second kappa shape index (κ2) is 3.98. The van der Waals surface area contributed by atoms with E-state index in [4.69, 9.17) is 0 Å². The third-order valence-corrected chi connectivity index (χ3v) is 2.84. The van der Waals surface area contributed by atoms with Gasteiger partial charge in [-0.15, -0.1) is 0 Å². The summed E-state index contributed by atoms with van der Waals surface area (Å²) in [5.41, 5.74) is 2.12. The highest BCUT2D eigenvalue weighted by atomic mass is 19.1. The number of hydrogen-bond acceptors (Lipinski definition) is 1. The van der Waals surface area contributed by atoms with E-state index in [1.165, 1.54) is 12.1 Å². The van der Waals surface area contributed by atoms with Gasteiger partial charge in [0.15, 0.2) is 0 Å². The summed E-state index contributed by atoms with van der Waals surface area (Å²) in [5, 5.41) is 2.23. The highest BCUT2D eigenvalue weighted by Gasteiger charge is 2.03. The lowest BCUT2D eigenvalue weighted by Crippen LogP contribution is -1.82. The molecule has 1 nitrogen and oxygen atoms in total. The van der Waals surface area contributed by atoms with Crippen molar-refractivity contribution in [3.8, 4) is 11.1 Å². The third-order valence-electron chi connectivity index (χ3n) is 2.84. The molecule has 0 aliphatic heterocycles. The second-order valence-corrected chi connectivity index (χ2v) is 3.91. The zero-order valence-corrected chi connectivity index (χ0v) is 9.10. The fourth-order valence-corrected chi connectivity index (χ4v) is 2.00. The van der Waals surface area contributed by atoms with E-state index in [0.717, 1.165) is 21.9 Å². The van der Waals surface area contributed by atoms with E-state index in [0.29, 0.717) is 0 Å². The van der Waals surface area contributed by atoms with Crippen LogP contribution in [-0.2, 0) is 0 Å². The van der Waals surface area contributed by atoms with Crippen LogP contribution in [0.3, 0.4) is 0 Å². The molecule has 1 heterocycles. The van der Waals surface area contributed by atoms with Gasteiger partial charge in [-0.25, -0.2) is 4.39 Å². The van der Waals surface area contributed by atoms with Crippen molar-refractivity contribution in [2.24, 2.45) is 0 Å². The maximum absolute atomic E-state index is 12.9. The Morgan fingerprint density at radius 1 is 0.882 bits per heavy atom. The Kier molecular flexibility index (Phi) is 2.33. The molecule has 17 heavy (non-hydrogen) atoms. The maximum atomic E-state index is 12.9. The van der Waals surface area contributed by atoms with Gasteiger partial charge >= 0.3 is 0 Å². The van der Waals surface area contributed by atoms with Gasteiger partial charge in [0.05, 0.1) is 0 Å². The Morgan fingerprint density at radius 3 is 2.53 bits per heavy atom. The topological polar surface area (TPSA) is 12.9 Å². The van der Waals surface area contributed by atoms with Crippen molar-refractivity contribution in [1.82, 2.24) is 4.98 Å². The SMILES string of the molecule is Fc1ccc(-c2cccc3cnccc23)cc1. The van der Waals surface area contributed by atoms with Crippen LogP contribution in [0.25, 0.3) is 21.9 Å². The molecule has 0 aliphatic carbocycles. The van der Waals surface area contributed by atoms with E-state index in [1.807, 2.05) is 30.5 Å². The lowest BCUT2D eigenvalue weighted by Gasteiger charge is -2.06. The Balaban J connectivity index is 2.27. The number of aromatic nitrogens is 1. The molecular formula is C15H10FN. The van der Waals surface area contributed by atoms with Gasteiger partial charge in [0, 0.05) is 17.8 Å². The summed E-state index contributed by atoms with van der Waals surface area (Å²) >= 11 is 0. The lowest BCUT2D eigenvalue weighted by molar-refractivity contribution is 0.628. The molecule has 0 spiro atoms. The van der Waals surface area contributed by atoms with Crippen LogP contribution in [0.5, 0.6) is 0 Å². The fourth-order valence-electron chi connectivity index (χ4n) is 2.00. The minimum Gasteiger partial charge on any atom is -0.264 e. The van der Waals surface area contributed by atoms with Crippen LogP contribution < -0.4 is 0 Å². The Morgan fingerprint density at radius 2 is 1.71 bits per heavy atom. The monoisotopic (exact) mass is 223 g/mol. The summed E-state index contributed by atoms with van der Waals surface area (Å²) in [6.07, 6.45) is 3.61. The largest absolute Gasteiger partial charge is 0.264 e. The summed E-state index contributed by atoms with van der Waals surface area (Å²) in [6.45, 7) is 0. The Hall–Kier alpha value is -2.22.